The predicted molar refractivity (Wildman–Crippen MR) is 271 cm³/mol. The maximum absolute atomic E-state index is 15.3. The number of aliphatic hydroxyl groups excluding tert-OH is 2. The summed E-state index contributed by atoms with van der Waals surface area (Å²) in [6.45, 7) is 25.2. The molecule has 0 spiro atoms. The Morgan fingerprint density at radius 3 is 2.08 bits per heavy atom. The fraction of sp³-hybridized carbons (Fsp3) is 0.926. The molecular formula is C54H96N2O17. The molecule has 0 aromatic heterocycles. The van der Waals surface area contributed by atoms with Crippen molar-refractivity contribution in [3.8, 4) is 0 Å². The first kappa shape index (κ1) is 63.1. The van der Waals surface area contributed by atoms with Crippen molar-refractivity contribution in [2.75, 3.05) is 41.0 Å². The first-order chi connectivity index (χ1) is 33.8. The molecule has 5 rings (SSSR count). The molecule has 1 unspecified atom stereocenters. The summed E-state index contributed by atoms with van der Waals surface area (Å²) in [6.07, 6.45) is -9.26. The van der Waals surface area contributed by atoms with Crippen LogP contribution in [-0.4, -0.2) is 182 Å². The maximum atomic E-state index is 15.3. The van der Waals surface area contributed by atoms with E-state index in [4.69, 9.17) is 52.2 Å². The Morgan fingerprint density at radius 2 is 1.48 bits per heavy atom. The van der Waals surface area contributed by atoms with Gasteiger partial charge >= 0.3 is 11.9 Å². The minimum absolute atomic E-state index is 0. The van der Waals surface area contributed by atoms with Crippen molar-refractivity contribution in [1.82, 2.24) is 4.90 Å². The number of carbonyl (C=O) groups excluding carboxylic acids is 3. The van der Waals surface area contributed by atoms with E-state index in [0.29, 0.717) is 24.6 Å². The zero-order chi connectivity index (χ0) is 53.5. The number of oxime groups is 1. The van der Waals surface area contributed by atoms with E-state index in [9.17, 15) is 24.9 Å². The molecule has 4 saturated heterocycles. The number of ether oxygens (including phenoxy) is 10. The van der Waals surface area contributed by atoms with E-state index in [0.717, 1.165) is 6.54 Å². The van der Waals surface area contributed by atoms with Crippen LogP contribution >= 0.6 is 0 Å². The number of carbonyl (C=O) groups is 3. The van der Waals surface area contributed by atoms with Gasteiger partial charge in [-0.2, -0.15) is 0 Å². The number of Topliss-reactive ketones (excluding diaryl/α,β-unsaturated/α-hetero) is 1. The average Bonchev–Trinajstić information content (AvgIpc) is 4.15. The summed E-state index contributed by atoms with van der Waals surface area (Å²) in [5.74, 6) is -6.14. The number of ketones is 1. The standard InChI is InChI=1S/C53H92N2O17.CH4/c1-26(2)19-39(56)69-45-33(9)44(28(4)25-65-52-48(63-15)47(62-14)41(57)36(12)68-52)71-50(60)35(11)46(70-40-20-29(5)55(23-31(7)66-40)24-37-17-18-37)32(8)43(27(3)22-53(13,61)49(59)34(45)10)72-51-42(58)38(54-64-16)21-30(6)67-51;/h26-37,40-48,51-52,57-58,61H,17-25H2,1-16H3;1H4/b54-38+;/t27-,28-,29?,30+,31-,32+,33-,34+,35+,36+,40-,41+,42+,43-,44+,45+,46-,47+,48+,51-,52+,53-;/m0./s1. The second-order valence-electron chi connectivity index (χ2n) is 22.8. The number of methoxy groups -OCH3 is 2. The van der Waals surface area contributed by atoms with E-state index in [1.54, 1.807) is 27.7 Å². The maximum Gasteiger partial charge on any atom is 0.311 e. The van der Waals surface area contributed by atoms with Gasteiger partial charge in [-0.05, 0) is 78.6 Å². The SMILES string of the molecule is C.CO/N=C1\C[C@@H](C)O[C@@H](O[C@@H]2[C@@H](C)[C@H](O[C@H]3CC(C)N(CC4CC4)C[C@H](C)O3)[C@@H](C)C(=O)O[C@H]([C@@H](C)CO[C@@H]3O[C@H](C)[C@@H](O)[C@@H](OC)[C@H]3OC)[C@H](C)[C@@H](OC(=O)CC(C)C)[C@@H](C)C(=O)[C@@](C)(O)C[C@@H]2C)[C@@H]1O. The summed E-state index contributed by atoms with van der Waals surface area (Å²) in [4.78, 5) is 51.4. The summed E-state index contributed by atoms with van der Waals surface area (Å²) in [5.41, 5.74) is -1.69. The molecular weight excluding hydrogens is 949 g/mol. The van der Waals surface area contributed by atoms with Crippen LogP contribution in [0.15, 0.2) is 5.16 Å². The number of hydrogen-bond donors (Lipinski definition) is 3. The number of esters is 2. The van der Waals surface area contributed by atoms with Gasteiger partial charge in [-0.25, -0.2) is 0 Å². The Labute approximate surface area is 436 Å². The molecule has 4 heterocycles. The minimum Gasteiger partial charge on any atom is -0.461 e. The van der Waals surface area contributed by atoms with E-state index in [2.05, 4.69) is 17.0 Å². The van der Waals surface area contributed by atoms with Gasteiger partial charge in [-0.3, -0.25) is 19.3 Å². The van der Waals surface area contributed by atoms with Crippen molar-refractivity contribution in [2.24, 2.45) is 52.5 Å². The predicted octanol–water partition coefficient (Wildman–Crippen LogP) is 5.69. The lowest BCUT2D eigenvalue weighted by Crippen LogP contribution is -2.59. The van der Waals surface area contributed by atoms with Gasteiger partial charge in [0.25, 0.3) is 0 Å². The highest BCUT2D eigenvalue weighted by atomic mass is 16.7. The Kier molecular flexibility index (Phi) is 24.0. The molecule has 5 aliphatic rings. The van der Waals surface area contributed by atoms with Crippen molar-refractivity contribution < 1.29 is 81.9 Å². The molecule has 1 saturated carbocycles. The molecule has 73 heavy (non-hydrogen) atoms. The smallest absolute Gasteiger partial charge is 0.311 e. The monoisotopic (exact) mass is 1040 g/mol. The number of cyclic esters (lactones) is 1. The van der Waals surface area contributed by atoms with Gasteiger partial charge in [-0.1, -0.05) is 61.0 Å². The summed E-state index contributed by atoms with van der Waals surface area (Å²) in [6, 6.07) is 0.0918. The van der Waals surface area contributed by atoms with Crippen LogP contribution in [0.4, 0.5) is 0 Å². The largest absolute Gasteiger partial charge is 0.461 e. The third kappa shape index (κ3) is 16.3. The third-order valence-electron chi connectivity index (χ3n) is 15.6. The lowest BCUT2D eigenvalue weighted by Gasteiger charge is -2.44. The van der Waals surface area contributed by atoms with Gasteiger partial charge in [0.15, 0.2) is 24.7 Å². The summed E-state index contributed by atoms with van der Waals surface area (Å²) in [5, 5.41) is 39.0. The number of hydrogen-bond acceptors (Lipinski definition) is 19. The van der Waals surface area contributed by atoms with Gasteiger partial charge < -0.3 is 67.5 Å². The van der Waals surface area contributed by atoms with Crippen molar-refractivity contribution in [1.29, 1.82) is 0 Å². The van der Waals surface area contributed by atoms with Crippen molar-refractivity contribution in [3.63, 3.8) is 0 Å². The Balaban J connectivity index is 0.0000116. The first-order valence-electron chi connectivity index (χ1n) is 26.6. The number of rotatable bonds is 16. The third-order valence-corrected chi connectivity index (χ3v) is 15.6. The van der Waals surface area contributed by atoms with Crippen LogP contribution in [0.5, 0.6) is 0 Å². The van der Waals surface area contributed by atoms with E-state index in [1.165, 1.54) is 41.1 Å². The van der Waals surface area contributed by atoms with Crippen LogP contribution in [0.2, 0.25) is 0 Å². The molecule has 4 aliphatic heterocycles. The van der Waals surface area contributed by atoms with Gasteiger partial charge in [0.2, 0.25) is 0 Å². The van der Waals surface area contributed by atoms with Crippen LogP contribution in [0.3, 0.4) is 0 Å². The van der Waals surface area contributed by atoms with Crippen LogP contribution < -0.4 is 0 Å². The number of nitrogens with zero attached hydrogens (tertiary/aromatic N) is 2. The molecule has 0 bridgehead atoms. The highest BCUT2D eigenvalue weighted by Crippen LogP contribution is 2.40. The quantitative estimate of drug-likeness (QED) is 0.125. The Hall–Kier alpha value is -2.40. The molecule has 19 nitrogen and oxygen atoms in total. The molecule has 1 aliphatic carbocycles. The second-order valence-corrected chi connectivity index (χ2v) is 22.8. The normalized spacial score (nSPS) is 42.8. The Morgan fingerprint density at radius 1 is 0.822 bits per heavy atom. The number of aliphatic hydroxyl groups is 3. The van der Waals surface area contributed by atoms with Gasteiger partial charge in [0.1, 0.15) is 49.3 Å². The van der Waals surface area contributed by atoms with Crippen molar-refractivity contribution in [3.05, 3.63) is 0 Å². The second kappa shape index (κ2) is 27.8. The van der Waals surface area contributed by atoms with E-state index >= 15 is 4.79 Å². The summed E-state index contributed by atoms with van der Waals surface area (Å²) >= 11 is 0. The summed E-state index contributed by atoms with van der Waals surface area (Å²) in [7, 11) is 4.33. The fourth-order valence-electron chi connectivity index (χ4n) is 11.5. The molecule has 0 aromatic carbocycles. The van der Waals surface area contributed by atoms with Gasteiger partial charge in [0.05, 0.1) is 54.7 Å². The van der Waals surface area contributed by atoms with E-state index in [-0.39, 0.29) is 51.4 Å². The van der Waals surface area contributed by atoms with Crippen LogP contribution in [0.25, 0.3) is 0 Å². The Bertz CT molecular complexity index is 1770. The molecule has 19 heteroatoms. The molecule has 0 aromatic rings. The topological polar surface area (TPSA) is 229 Å². The molecule has 5 fully saturated rings. The van der Waals surface area contributed by atoms with Gasteiger partial charge in [0, 0.05) is 70.4 Å². The highest BCUT2D eigenvalue weighted by Gasteiger charge is 2.51. The van der Waals surface area contributed by atoms with Crippen molar-refractivity contribution in [2.45, 2.75) is 234 Å². The van der Waals surface area contributed by atoms with Crippen LogP contribution in [0.1, 0.15) is 136 Å². The molecule has 424 valence electrons. The lowest BCUT2D eigenvalue weighted by atomic mass is 9.74. The van der Waals surface area contributed by atoms with Crippen LogP contribution in [-0.2, 0) is 66.6 Å². The first-order valence-corrected chi connectivity index (χ1v) is 26.6. The zero-order valence-corrected chi connectivity index (χ0v) is 46.1. The highest BCUT2D eigenvalue weighted by molar-refractivity contribution is 5.90. The summed E-state index contributed by atoms with van der Waals surface area (Å²) < 4.78 is 63.6. The lowest BCUT2D eigenvalue weighted by molar-refractivity contribution is -0.305. The van der Waals surface area contributed by atoms with Crippen molar-refractivity contribution >= 4 is 23.4 Å². The molecule has 0 radical (unpaired) electrons. The fourth-order valence-corrected chi connectivity index (χ4v) is 11.5. The molecule has 0 amide bonds. The van der Waals surface area contributed by atoms with E-state index < -0.39 is 139 Å². The van der Waals surface area contributed by atoms with Gasteiger partial charge in [-0.15, -0.1) is 0 Å². The average molecular weight is 1050 g/mol. The zero-order valence-electron chi connectivity index (χ0n) is 46.1. The molecule has 3 N–H and O–H groups in total. The van der Waals surface area contributed by atoms with E-state index in [1.807, 2.05) is 48.5 Å². The minimum atomic E-state index is -2.01. The van der Waals surface area contributed by atoms with Crippen LogP contribution in [0, 0.1) is 47.3 Å². The molecule has 22 atom stereocenters.